The Balaban J connectivity index is 2.36. The maximum atomic E-state index is 8.41. The summed E-state index contributed by atoms with van der Waals surface area (Å²) in [4.78, 5) is 7.95. The van der Waals surface area contributed by atoms with Crippen LogP contribution >= 0.6 is 0 Å². The smallest absolute Gasteiger partial charge is 0.226 e. The fourth-order valence-corrected chi connectivity index (χ4v) is 1.40. The van der Waals surface area contributed by atoms with Crippen LogP contribution in [-0.4, -0.2) is 16.8 Å². The summed E-state index contributed by atoms with van der Waals surface area (Å²) in [6.07, 6.45) is 0.634. The van der Waals surface area contributed by atoms with Gasteiger partial charge < -0.3 is 0 Å². The van der Waals surface area contributed by atoms with Crippen LogP contribution < -0.4 is 0 Å². The molecule has 0 aliphatic carbocycles. The van der Waals surface area contributed by atoms with Crippen molar-refractivity contribution in [2.75, 3.05) is 0 Å². The molecule has 0 aromatic heterocycles. The van der Waals surface area contributed by atoms with E-state index in [9.17, 15) is 0 Å². The van der Waals surface area contributed by atoms with Crippen molar-refractivity contribution < 1.29 is 20.3 Å². The number of benzene rings is 1. The lowest BCUT2D eigenvalue weighted by Crippen LogP contribution is -2.23. The SMILES string of the molecule is CC(CCc1ccccc1)C(OO)OO. The Morgan fingerprint density at radius 2 is 1.73 bits per heavy atom. The predicted octanol–water partition coefficient (Wildman–Crippen LogP) is 2.56. The Hall–Kier alpha value is -0.940. The summed E-state index contributed by atoms with van der Waals surface area (Å²) in [6.45, 7) is 1.83. The lowest BCUT2D eigenvalue weighted by Gasteiger charge is -2.17. The highest BCUT2D eigenvalue weighted by Gasteiger charge is 2.18. The minimum Gasteiger partial charge on any atom is -0.249 e. The summed E-state index contributed by atoms with van der Waals surface area (Å²) in [5, 5.41) is 16.8. The van der Waals surface area contributed by atoms with Crippen LogP contribution in [0.15, 0.2) is 30.3 Å². The van der Waals surface area contributed by atoms with E-state index in [1.165, 1.54) is 5.56 Å². The fourth-order valence-electron chi connectivity index (χ4n) is 1.40. The molecule has 0 fully saturated rings. The minimum absolute atomic E-state index is 0.0831. The van der Waals surface area contributed by atoms with Gasteiger partial charge >= 0.3 is 0 Å². The van der Waals surface area contributed by atoms with E-state index < -0.39 is 6.29 Å². The molecule has 2 N–H and O–H groups in total. The third-order valence-corrected chi connectivity index (χ3v) is 2.40. The molecule has 84 valence electrons. The molecule has 0 aliphatic heterocycles. The normalized spacial score (nSPS) is 13.1. The first-order valence-corrected chi connectivity index (χ1v) is 4.92. The van der Waals surface area contributed by atoms with Crippen LogP contribution in [0.25, 0.3) is 0 Å². The van der Waals surface area contributed by atoms with Gasteiger partial charge in [-0.3, -0.25) is 0 Å². The number of aryl methyl sites for hydroxylation is 1. The molecule has 0 bridgehead atoms. The molecule has 0 aliphatic rings. The Morgan fingerprint density at radius 1 is 1.13 bits per heavy atom. The zero-order valence-corrected chi connectivity index (χ0v) is 8.67. The Morgan fingerprint density at radius 3 is 2.27 bits per heavy atom. The Labute approximate surface area is 88.9 Å². The van der Waals surface area contributed by atoms with Gasteiger partial charge in [0.25, 0.3) is 0 Å². The van der Waals surface area contributed by atoms with Gasteiger partial charge in [0.15, 0.2) is 0 Å². The quantitative estimate of drug-likeness (QED) is 0.432. The molecule has 0 heterocycles. The van der Waals surface area contributed by atoms with Crippen molar-refractivity contribution in [2.24, 2.45) is 5.92 Å². The minimum atomic E-state index is -0.978. The third kappa shape index (κ3) is 3.97. The van der Waals surface area contributed by atoms with Crippen molar-refractivity contribution in [1.29, 1.82) is 0 Å². The van der Waals surface area contributed by atoms with Crippen LogP contribution in [0.1, 0.15) is 18.9 Å². The molecule has 1 aromatic carbocycles. The highest BCUT2D eigenvalue weighted by Crippen LogP contribution is 2.15. The van der Waals surface area contributed by atoms with Gasteiger partial charge in [-0.2, -0.15) is 0 Å². The second-order valence-corrected chi connectivity index (χ2v) is 3.58. The van der Waals surface area contributed by atoms with E-state index in [1.807, 2.05) is 37.3 Å². The summed E-state index contributed by atoms with van der Waals surface area (Å²) in [5.74, 6) is -0.0831. The first-order valence-electron chi connectivity index (χ1n) is 4.92. The van der Waals surface area contributed by atoms with E-state index >= 15 is 0 Å². The van der Waals surface area contributed by atoms with E-state index in [-0.39, 0.29) is 5.92 Å². The van der Waals surface area contributed by atoms with E-state index in [0.717, 1.165) is 12.8 Å². The standard InChI is InChI=1S/C11H16O4/c1-9(11(14-12)15-13)7-8-10-5-3-2-4-6-10/h2-6,9,11-13H,7-8H2,1H3. The van der Waals surface area contributed by atoms with Crippen LogP contribution in [0.3, 0.4) is 0 Å². The van der Waals surface area contributed by atoms with E-state index in [1.54, 1.807) is 0 Å². The molecule has 1 atom stereocenters. The highest BCUT2D eigenvalue weighted by molar-refractivity contribution is 5.14. The van der Waals surface area contributed by atoms with Gasteiger partial charge in [0.05, 0.1) is 0 Å². The van der Waals surface area contributed by atoms with Gasteiger partial charge in [-0.1, -0.05) is 37.3 Å². The van der Waals surface area contributed by atoms with Crippen molar-refractivity contribution in [3.05, 3.63) is 35.9 Å². The molecule has 0 radical (unpaired) electrons. The van der Waals surface area contributed by atoms with Crippen LogP contribution in [0.5, 0.6) is 0 Å². The highest BCUT2D eigenvalue weighted by atomic mass is 17.2. The third-order valence-electron chi connectivity index (χ3n) is 2.40. The summed E-state index contributed by atoms with van der Waals surface area (Å²) >= 11 is 0. The molecule has 0 amide bonds. The number of rotatable bonds is 6. The number of hydrogen-bond acceptors (Lipinski definition) is 4. The molecule has 15 heavy (non-hydrogen) atoms. The molecule has 0 saturated carbocycles. The van der Waals surface area contributed by atoms with Gasteiger partial charge in [0, 0.05) is 5.92 Å². The number of hydrogen-bond donors (Lipinski definition) is 2. The second kappa shape index (κ2) is 6.53. The van der Waals surface area contributed by atoms with Crippen LogP contribution in [0.2, 0.25) is 0 Å². The van der Waals surface area contributed by atoms with Gasteiger partial charge in [0.1, 0.15) is 0 Å². The summed E-state index contributed by atoms with van der Waals surface area (Å²) in [7, 11) is 0. The Bertz CT molecular complexity index is 259. The molecule has 1 unspecified atom stereocenters. The van der Waals surface area contributed by atoms with Gasteiger partial charge in [-0.25, -0.2) is 20.3 Å². The second-order valence-electron chi connectivity index (χ2n) is 3.58. The predicted molar refractivity (Wildman–Crippen MR) is 55.1 cm³/mol. The monoisotopic (exact) mass is 212 g/mol. The van der Waals surface area contributed by atoms with Crippen molar-refractivity contribution in [3.63, 3.8) is 0 Å². The molecular formula is C11H16O4. The zero-order valence-electron chi connectivity index (χ0n) is 8.67. The molecule has 1 rings (SSSR count). The molecule has 1 aromatic rings. The Kier molecular flexibility index (Phi) is 5.28. The summed E-state index contributed by atoms with van der Waals surface area (Å²) < 4.78 is 0. The van der Waals surface area contributed by atoms with Gasteiger partial charge in [-0.15, -0.1) is 0 Å². The molecular weight excluding hydrogens is 196 g/mol. The molecule has 4 heteroatoms. The van der Waals surface area contributed by atoms with E-state index in [2.05, 4.69) is 9.78 Å². The van der Waals surface area contributed by atoms with Gasteiger partial charge in [0.2, 0.25) is 6.29 Å². The van der Waals surface area contributed by atoms with Crippen molar-refractivity contribution in [1.82, 2.24) is 0 Å². The lowest BCUT2D eigenvalue weighted by molar-refractivity contribution is -0.442. The zero-order chi connectivity index (χ0) is 11.1. The van der Waals surface area contributed by atoms with Crippen LogP contribution in [0, 0.1) is 5.92 Å². The largest absolute Gasteiger partial charge is 0.249 e. The maximum Gasteiger partial charge on any atom is 0.226 e. The topological polar surface area (TPSA) is 58.9 Å². The van der Waals surface area contributed by atoms with Crippen LogP contribution in [-0.2, 0) is 16.2 Å². The van der Waals surface area contributed by atoms with Gasteiger partial charge in [-0.05, 0) is 18.4 Å². The van der Waals surface area contributed by atoms with E-state index in [4.69, 9.17) is 10.5 Å². The van der Waals surface area contributed by atoms with E-state index in [0.29, 0.717) is 0 Å². The van der Waals surface area contributed by atoms with Crippen molar-refractivity contribution >= 4 is 0 Å². The van der Waals surface area contributed by atoms with Crippen LogP contribution in [0.4, 0.5) is 0 Å². The average molecular weight is 212 g/mol. The van der Waals surface area contributed by atoms with Crippen molar-refractivity contribution in [3.8, 4) is 0 Å². The fraction of sp³-hybridized carbons (Fsp3) is 0.455. The van der Waals surface area contributed by atoms with Crippen molar-refractivity contribution in [2.45, 2.75) is 26.1 Å². The summed E-state index contributed by atoms with van der Waals surface area (Å²) in [6, 6.07) is 9.97. The maximum absolute atomic E-state index is 8.41. The first-order chi connectivity index (χ1) is 7.27. The first kappa shape index (κ1) is 12.1. The summed E-state index contributed by atoms with van der Waals surface area (Å²) in [5.41, 5.74) is 1.21. The molecule has 0 spiro atoms. The lowest BCUT2D eigenvalue weighted by atomic mass is 10.0. The molecule has 4 nitrogen and oxygen atoms in total. The average Bonchev–Trinajstić information content (AvgIpc) is 2.29. The molecule has 0 saturated heterocycles.